The highest BCUT2D eigenvalue weighted by Gasteiger charge is 2.37. The van der Waals surface area contributed by atoms with Gasteiger partial charge in [0.2, 0.25) is 5.91 Å². The third-order valence-corrected chi connectivity index (χ3v) is 7.26. The summed E-state index contributed by atoms with van der Waals surface area (Å²) in [5.41, 5.74) is 3.07. The highest BCUT2D eigenvalue weighted by Crippen LogP contribution is 2.32. The van der Waals surface area contributed by atoms with Crippen molar-refractivity contribution in [3.63, 3.8) is 0 Å². The van der Waals surface area contributed by atoms with Crippen molar-refractivity contribution < 1.29 is 9.53 Å². The SMILES string of the molecule is CNc1ncc(C#Cc2ccc(CN3C4CCC3COC4)cc2)c2cc(NC(=O)C3CC3)ncc12. The first-order valence-electron chi connectivity index (χ1n) is 12.4. The van der Waals surface area contributed by atoms with E-state index in [1.165, 1.54) is 18.4 Å². The van der Waals surface area contributed by atoms with Crippen LogP contribution in [0, 0.1) is 17.8 Å². The molecule has 2 aliphatic heterocycles. The van der Waals surface area contributed by atoms with Gasteiger partial charge in [0.15, 0.2) is 0 Å². The predicted octanol–water partition coefficient (Wildman–Crippen LogP) is 3.78. The number of carbonyl (C=O) groups is 1. The summed E-state index contributed by atoms with van der Waals surface area (Å²) in [6.07, 6.45) is 7.91. The number of anilines is 2. The minimum Gasteiger partial charge on any atom is -0.378 e. The molecule has 1 amide bonds. The predicted molar refractivity (Wildman–Crippen MR) is 136 cm³/mol. The summed E-state index contributed by atoms with van der Waals surface area (Å²) in [5.74, 6) is 8.02. The molecule has 0 spiro atoms. The maximum atomic E-state index is 12.2. The number of hydrogen-bond donors (Lipinski definition) is 2. The van der Waals surface area contributed by atoms with Crippen LogP contribution in [0.25, 0.3) is 10.8 Å². The topological polar surface area (TPSA) is 79.4 Å². The van der Waals surface area contributed by atoms with Gasteiger partial charge in [0, 0.05) is 60.3 Å². The second-order valence-electron chi connectivity index (χ2n) is 9.69. The van der Waals surface area contributed by atoms with E-state index in [2.05, 4.69) is 61.6 Å². The summed E-state index contributed by atoms with van der Waals surface area (Å²) in [6.45, 7) is 2.68. The van der Waals surface area contributed by atoms with Gasteiger partial charge < -0.3 is 15.4 Å². The van der Waals surface area contributed by atoms with Crippen molar-refractivity contribution in [3.8, 4) is 11.8 Å². The first kappa shape index (κ1) is 22.0. The van der Waals surface area contributed by atoms with Gasteiger partial charge in [0.25, 0.3) is 0 Å². The van der Waals surface area contributed by atoms with E-state index in [-0.39, 0.29) is 11.8 Å². The fraction of sp³-hybridized carbons (Fsp3) is 0.393. The van der Waals surface area contributed by atoms with Crippen LogP contribution in [0.1, 0.15) is 42.4 Å². The van der Waals surface area contributed by atoms with Crippen molar-refractivity contribution in [3.05, 3.63) is 59.4 Å². The molecular formula is C28H29N5O2. The lowest BCUT2D eigenvalue weighted by atomic mass is 10.1. The Kier molecular flexibility index (Phi) is 5.85. The molecule has 1 saturated carbocycles. The number of fused-ring (bicyclic) bond motifs is 3. The van der Waals surface area contributed by atoms with Crippen LogP contribution in [0.2, 0.25) is 0 Å². The second-order valence-corrected chi connectivity index (χ2v) is 9.69. The van der Waals surface area contributed by atoms with Crippen molar-refractivity contribution in [1.29, 1.82) is 0 Å². The van der Waals surface area contributed by atoms with E-state index in [0.717, 1.165) is 60.3 Å². The normalized spacial score (nSPS) is 21.4. The lowest BCUT2D eigenvalue weighted by Crippen LogP contribution is -2.45. The van der Waals surface area contributed by atoms with Crippen molar-refractivity contribution in [2.45, 2.75) is 44.3 Å². The van der Waals surface area contributed by atoms with Crippen LogP contribution in [0.5, 0.6) is 0 Å². The van der Waals surface area contributed by atoms with Crippen LogP contribution in [0.4, 0.5) is 11.6 Å². The Bertz CT molecular complexity index is 1310. The molecule has 2 atom stereocenters. The van der Waals surface area contributed by atoms with Crippen molar-refractivity contribution in [2.75, 3.05) is 30.9 Å². The number of morpholine rings is 1. The zero-order chi connectivity index (χ0) is 23.8. The Hall–Kier alpha value is -3.47. The largest absolute Gasteiger partial charge is 0.378 e. The Balaban J connectivity index is 1.23. The minimum absolute atomic E-state index is 0.0394. The highest BCUT2D eigenvalue weighted by atomic mass is 16.5. The molecule has 6 rings (SSSR count). The number of benzene rings is 1. The molecule has 2 unspecified atom stereocenters. The molecule has 2 N–H and O–H groups in total. The molecule has 35 heavy (non-hydrogen) atoms. The Morgan fingerprint density at radius 3 is 2.51 bits per heavy atom. The number of aromatic nitrogens is 2. The number of amides is 1. The molecular weight excluding hydrogens is 438 g/mol. The van der Waals surface area contributed by atoms with E-state index in [9.17, 15) is 4.79 Å². The summed E-state index contributed by atoms with van der Waals surface area (Å²) in [4.78, 5) is 23.7. The van der Waals surface area contributed by atoms with Gasteiger partial charge in [-0.15, -0.1) is 0 Å². The van der Waals surface area contributed by atoms with Gasteiger partial charge in [-0.2, -0.15) is 0 Å². The Morgan fingerprint density at radius 2 is 1.80 bits per heavy atom. The molecule has 3 aromatic rings. The smallest absolute Gasteiger partial charge is 0.228 e. The maximum absolute atomic E-state index is 12.2. The molecule has 2 aromatic heterocycles. The molecule has 7 nitrogen and oxygen atoms in total. The third kappa shape index (κ3) is 4.60. The number of nitrogens with one attached hydrogen (secondary N) is 2. The Morgan fingerprint density at radius 1 is 1.03 bits per heavy atom. The molecule has 2 bridgehead atoms. The average molecular weight is 468 g/mol. The third-order valence-electron chi connectivity index (χ3n) is 7.26. The summed E-state index contributed by atoms with van der Waals surface area (Å²) >= 11 is 0. The summed E-state index contributed by atoms with van der Waals surface area (Å²) in [7, 11) is 1.83. The lowest BCUT2D eigenvalue weighted by Gasteiger charge is -2.34. The monoisotopic (exact) mass is 467 g/mol. The second kappa shape index (κ2) is 9.29. The van der Waals surface area contributed by atoms with Gasteiger partial charge in [-0.3, -0.25) is 9.69 Å². The molecule has 178 valence electrons. The van der Waals surface area contributed by atoms with Gasteiger partial charge in [-0.25, -0.2) is 9.97 Å². The molecule has 2 saturated heterocycles. The summed E-state index contributed by atoms with van der Waals surface area (Å²) in [6, 6.07) is 11.5. The van der Waals surface area contributed by atoms with Gasteiger partial charge in [0.05, 0.1) is 18.8 Å². The van der Waals surface area contributed by atoms with Gasteiger partial charge >= 0.3 is 0 Å². The van der Waals surface area contributed by atoms with E-state index in [4.69, 9.17) is 4.74 Å². The van der Waals surface area contributed by atoms with E-state index >= 15 is 0 Å². The molecule has 1 aromatic carbocycles. The highest BCUT2D eigenvalue weighted by molar-refractivity contribution is 5.99. The van der Waals surface area contributed by atoms with Crippen molar-refractivity contribution in [2.24, 2.45) is 5.92 Å². The van der Waals surface area contributed by atoms with Crippen molar-refractivity contribution in [1.82, 2.24) is 14.9 Å². The standard InChI is InChI=1S/C28H29N5O2/c1-29-27-25-14-30-26(32-28(34)20-8-9-20)12-24(25)21(13-31-27)7-6-18-2-4-19(5-3-18)15-33-22-10-11-23(33)17-35-16-22/h2-5,12-14,20,22-23H,8-11,15-17H2,1H3,(H,29,31)(H,30,32,34). The quantitative estimate of drug-likeness (QED) is 0.556. The van der Waals surface area contributed by atoms with Crippen LogP contribution in [0.15, 0.2) is 42.7 Å². The van der Waals surface area contributed by atoms with E-state index in [1.807, 2.05) is 13.1 Å². The minimum atomic E-state index is 0.0394. The van der Waals surface area contributed by atoms with Crippen LogP contribution in [-0.4, -0.2) is 53.1 Å². The molecule has 3 fully saturated rings. The first-order valence-corrected chi connectivity index (χ1v) is 12.4. The maximum Gasteiger partial charge on any atom is 0.228 e. The zero-order valence-electron chi connectivity index (χ0n) is 19.9. The van der Waals surface area contributed by atoms with Gasteiger partial charge in [-0.1, -0.05) is 24.0 Å². The number of hydrogen-bond acceptors (Lipinski definition) is 6. The average Bonchev–Trinajstić information content (AvgIpc) is 3.71. The fourth-order valence-electron chi connectivity index (χ4n) is 5.09. The van der Waals surface area contributed by atoms with E-state index < -0.39 is 0 Å². The van der Waals surface area contributed by atoms with Crippen LogP contribution in [0.3, 0.4) is 0 Å². The number of ether oxygens (including phenoxy) is 1. The number of carbonyl (C=O) groups excluding carboxylic acids is 1. The van der Waals surface area contributed by atoms with E-state index in [1.54, 1.807) is 12.4 Å². The van der Waals surface area contributed by atoms with Gasteiger partial charge in [-0.05, 0) is 49.4 Å². The number of pyridine rings is 2. The number of nitrogens with zero attached hydrogens (tertiary/aromatic N) is 3. The van der Waals surface area contributed by atoms with Crippen LogP contribution < -0.4 is 10.6 Å². The van der Waals surface area contributed by atoms with Gasteiger partial charge in [0.1, 0.15) is 11.6 Å². The lowest BCUT2D eigenvalue weighted by molar-refractivity contribution is -0.117. The molecule has 0 radical (unpaired) electrons. The van der Waals surface area contributed by atoms with Crippen LogP contribution >= 0.6 is 0 Å². The van der Waals surface area contributed by atoms with Crippen molar-refractivity contribution >= 4 is 28.3 Å². The van der Waals surface area contributed by atoms with Crippen LogP contribution in [-0.2, 0) is 16.1 Å². The molecule has 1 aliphatic carbocycles. The molecule has 4 heterocycles. The summed E-state index contributed by atoms with van der Waals surface area (Å²) < 4.78 is 5.71. The molecule has 3 aliphatic rings. The zero-order valence-corrected chi connectivity index (χ0v) is 19.9. The number of rotatable bonds is 5. The molecule has 7 heteroatoms. The first-order chi connectivity index (χ1) is 17.2. The fourth-order valence-corrected chi connectivity index (χ4v) is 5.09. The summed E-state index contributed by atoms with van der Waals surface area (Å²) in [5, 5.41) is 7.83. The Labute approximate surface area is 205 Å². The van der Waals surface area contributed by atoms with E-state index in [0.29, 0.717) is 17.9 Å².